The van der Waals surface area contributed by atoms with Crippen LogP contribution in [0.1, 0.15) is 82.1 Å². The Kier molecular flexibility index (Phi) is 15.3. The van der Waals surface area contributed by atoms with Crippen LogP contribution in [0.3, 0.4) is 0 Å². The van der Waals surface area contributed by atoms with E-state index in [4.69, 9.17) is 45.7 Å². The van der Waals surface area contributed by atoms with Gasteiger partial charge in [-0.25, -0.2) is 15.0 Å². The Morgan fingerprint density at radius 1 is 0.754 bits per heavy atom. The zero-order valence-electron chi connectivity index (χ0n) is 39.1. The van der Waals surface area contributed by atoms with Gasteiger partial charge >= 0.3 is 5.97 Å². The number of benzene rings is 2. The molecular weight excluding hydrogens is 891 g/mol. The number of fused-ring (bicyclic) bond motifs is 4. The number of methoxy groups -OCH3 is 1. The fourth-order valence-electron chi connectivity index (χ4n) is 7.91. The first-order valence-corrected chi connectivity index (χ1v) is 22.5. The minimum Gasteiger partial charge on any atom is -0.491 e. The van der Waals surface area contributed by atoms with Crippen molar-refractivity contribution in [1.82, 2.24) is 49.0 Å². The second kappa shape index (κ2) is 21.7. The lowest BCUT2D eigenvalue weighted by molar-refractivity contribution is -0.138. The van der Waals surface area contributed by atoms with Crippen LogP contribution in [0.5, 0.6) is 11.5 Å². The van der Waals surface area contributed by atoms with E-state index in [1.807, 2.05) is 48.2 Å². The second-order valence-electron chi connectivity index (χ2n) is 16.1. The van der Waals surface area contributed by atoms with Crippen LogP contribution in [0, 0.1) is 13.8 Å². The van der Waals surface area contributed by atoms with E-state index >= 15 is 0 Å². The smallest absolute Gasteiger partial charge is 0.303 e. The number of primary amides is 2. The highest BCUT2D eigenvalue weighted by molar-refractivity contribution is 6.12. The third kappa shape index (κ3) is 11.0. The number of aliphatic carboxylic acids is 1. The number of carboxylic acid groups (broad SMARTS) is 1. The van der Waals surface area contributed by atoms with Gasteiger partial charge in [0.25, 0.3) is 5.91 Å². The zero-order valence-corrected chi connectivity index (χ0v) is 39.1. The number of anilines is 1. The van der Waals surface area contributed by atoms with Crippen LogP contribution in [0.4, 0.5) is 5.95 Å². The summed E-state index contributed by atoms with van der Waals surface area (Å²) in [5.74, 6) is -2.07. The number of nitrogens with one attached hydrogen (secondary N) is 2. The highest BCUT2D eigenvalue weighted by atomic mass is 16.5. The molecule has 0 saturated heterocycles. The van der Waals surface area contributed by atoms with Gasteiger partial charge in [-0.05, 0) is 70.5 Å². The summed E-state index contributed by atoms with van der Waals surface area (Å²) in [6, 6.07) is 9.93. The van der Waals surface area contributed by atoms with Gasteiger partial charge in [0, 0.05) is 87.4 Å². The maximum Gasteiger partial charge on any atom is 0.303 e. The summed E-state index contributed by atoms with van der Waals surface area (Å²) in [5.41, 5.74) is 16.4. The molecular formula is C47H55N13O9. The van der Waals surface area contributed by atoms with Crippen molar-refractivity contribution < 1.29 is 43.3 Å². The van der Waals surface area contributed by atoms with Crippen molar-refractivity contribution >= 4 is 68.5 Å². The molecule has 7 N–H and O–H groups in total. The first kappa shape index (κ1) is 48.8. The van der Waals surface area contributed by atoms with Gasteiger partial charge in [-0.15, -0.1) is 0 Å². The number of carboxylic acids is 1. The molecule has 0 spiro atoms. The molecule has 362 valence electrons. The molecule has 69 heavy (non-hydrogen) atoms. The molecule has 0 atom stereocenters. The average molecular weight is 946 g/mol. The van der Waals surface area contributed by atoms with E-state index in [0.717, 1.165) is 11.4 Å². The SMILES string of the molecule is CCn1nc(C)cc1C(=O)Nc1nc2cc(C(N)=O)cc(OCCCNC(=O)CCC(=O)O)c2n1C/C=C/Cn1c2nc(-c3cc(C)nn3CC)ncc2c2cc(C(N)=O)cc(OCCCOC)c21. The third-order valence-electron chi connectivity index (χ3n) is 11.1. The summed E-state index contributed by atoms with van der Waals surface area (Å²) in [6.45, 7) is 9.98. The predicted octanol–water partition coefficient (Wildman–Crippen LogP) is 4.52. The molecule has 0 aliphatic rings. The Labute approximate surface area is 395 Å². The van der Waals surface area contributed by atoms with E-state index in [-0.39, 0.29) is 61.9 Å². The lowest BCUT2D eigenvalue weighted by Crippen LogP contribution is -2.25. The average Bonchev–Trinajstić information content (AvgIpc) is 4.08. The summed E-state index contributed by atoms with van der Waals surface area (Å²) in [6.07, 6.45) is 5.98. The molecule has 0 bridgehead atoms. The molecule has 0 aliphatic carbocycles. The highest BCUT2D eigenvalue weighted by Gasteiger charge is 2.24. The number of nitrogens with two attached hydrogens (primary N) is 2. The van der Waals surface area contributed by atoms with E-state index in [0.29, 0.717) is 95.1 Å². The summed E-state index contributed by atoms with van der Waals surface area (Å²) >= 11 is 0. The molecule has 2 aromatic carbocycles. The monoisotopic (exact) mass is 945 g/mol. The van der Waals surface area contributed by atoms with Gasteiger partial charge in [0.2, 0.25) is 23.7 Å². The van der Waals surface area contributed by atoms with Crippen molar-refractivity contribution in [2.75, 3.05) is 38.8 Å². The standard InChI is InChI=1S/C47H55N13O9/c1-6-59-34(20-27(3)55-59)44-51-26-32-31-22-29(42(48)64)24-36(69-19-11-17-67-5)40(31)57(45(32)53-44)15-8-9-16-58-41-33(52-47(58)54-46(66)35-21-28(4)56-60(35)7-2)23-30(43(49)65)25-37(41)68-18-10-14-50-38(61)12-13-39(62)63/h8-9,20-26H,6-7,10-19H2,1-5H3,(H2,48,64)(H2,49,65)(H,50,61)(H,62,63)(H,52,54,66)/b9-8+. The van der Waals surface area contributed by atoms with Gasteiger partial charge in [-0.1, -0.05) is 12.2 Å². The summed E-state index contributed by atoms with van der Waals surface area (Å²) in [7, 11) is 1.61. The largest absolute Gasteiger partial charge is 0.491 e. The number of nitrogens with zero attached hydrogens (tertiary/aromatic N) is 9. The minimum atomic E-state index is -1.07. The number of aryl methyl sites for hydroxylation is 4. The number of aromatic nitrogens is 9. The van der Waals surface area contributed by atoms with Crippen LogP contribution >= 0.6 is 0 Å². The second-order valence-corrected chi connectivity index (χ2v) is 16.1. The van der Waals surface area contributed by atoms with Gasteiger partial charge in [0.05, 0.1) is 42.1 Å². The van der Waals surface area contributed by atoms with Crippen molar-refractivity contribution in [3.05, 3.63) is 83.0 Å². The number of rotatable bonds is 24. The predicted molar refractivity (Wildman–Crippen MR) is 255 cm³/mol. The Hall–Kier alpha value is -8.14. The van der Waals surface area contributed by atoms with Crippen LogP contribution < -0.4 is 31.6 Å². The first-order valence-electron chi connectivity index (χ1n) is 22.5. The Bertz CT molecular complexity index is 3110. The molecule has 0 unspecified atom stereocenters. The number of allylic oxidation sites excluding steroid dienone is 2. The van der Waals surface area contributed by atoms with Gasteiger partial charge in [-0.2, -0.15) is 10.2 Å². The fourth-order valence-corrected chi connectivity index (χ4v) is 7.91. The van der Waals surface area contributed by atoms with Crippen LogP contribution in [-0.4, -0.2) is 112 Å². The number of carbonyl (C=O) groups is 5. The van der Waals surface area contributed by atoms with Crippen LogP contribution in [0.25, 0.3) is 44.5 Å². The topological polar surface area (TPSA) is 294 Å². The maximum absolute atomic E-state index is 13.9. The Morgan fingerprint density at radius 2 is 1.41 bits per heavy atom. The molecule has 5 heterocycles. The summed E-state index contributed by atoms with van der Waals surface area (Å²) in [4.78, 5) is 76.8. The number of ether oxygens (including phenoxy) is 3. The summed E-state index contributed by atoms with van der Waals surface area (Å²) in [5, 5.41) is 24.9. The molecule has 22 heteroatoms. The van der Waals surface area contributed by atoms with Crippen molar-refractivity contribution in [3.63, 3.8) is 0 Å². The molecule has 7 aromatic rings. The molecule has 0 radical (unpaired) electrons. The molecule has 5 aromatic heterocycles. The molecule has 0 saturated carbocycles. The van der Waals surface area contributed by atoms with Gasteiger partial charge in [-0.3, -0.25) is 38.7 Å². The van der Waals surface area contributed by atoms with Gasteiger partial charge in [0.1, 0.15) is 34.1 Å². The van der Waals surface area contributed by atoms with Crippen LogP contribution in [0.2, 0.25) is 0 Å². The number of amides is 4. The minimum absolute atomic E-state index is 0.0811. The normalized spacial score (nSPS) is 11.6. The summed E-state index contributed by atoms with van der Waals surface area (Å²) < 4.78 is 24.9. The van der Waals surface area contributed by atoms with Crippen molar-refractivity contribution in [2.45, 2.75) is 79.6 Å². The number of carbonyl (C=O) groups excluding carboxylic acids is 4. The Morgan fingerprint density at radius 3 is 2.09 bits per heavy atom. The lowest BCUT2D eigenvalue weighted by Gasteiger charge is -2.13. The lowest BCUT2D eigenvalue weighted by atomic mass is 10.1. The van der Waals surface area contributed by atoms with Gasteiger partial charge < -0.3 is 45.2 Å². The van der Waals surface area contributed by atoms with Gasteiger partial charge in [0.15, 0.2) is 5.82 Å². The quantitative estimate of drug-likeness (QED) is 0.0411. The molecule has 4 amide bonds. The van der Waals surface area contributed by atoms with Crippen LogP contribution in [0.15, 0.2) is 54.7 Å². The third-order valence-corrected chi connectivity index (χ3v) is 11.1. The zero-order chi connectivity index (χ0) is 49.4. The highest BCUT2D eigenvalue weighted by Crippen LogP contribution is 2.37. The van der Waals surface area contributed by atoms with E-state index in [1.165, 1.54) is 12.1 Å². The Balaban J connectivity index is 1.30. The van der Waals surface area contributed by atoms with Crippen LogP contribution in [-0.2, 0) is 40.5 Å². The number of hydrogen-bond acceptors (Lipinski definition) is 13. The number of imidazole rings is 1. The molecule has 0 aliphatic heterocycles. The van der Waals surface area contributed by atoms with E-state index in [2.05, 4.69) is 20.8 Å². The maximum atomic E-state index is 13.9. The molecule has 22 nitrogen and oxygen atoms in total. The van der Waals surface area contributed by atoms with E-state index < -0.39 is 29.6 Å². The molecule has 0 fully saturated rings. The first-order chi connectivity index (χ1) is 33.2. The van der Waals surface area contributed by atoms with Crippen molar-refractivity contribution in [2.24, 2.45) is 11.5 Å². The number of hydrogen-bond donors (Lipinski definition) is 5. The fraction of sp³-hybridized carbons (Fsp3) is 0.362. The molecule has 7 rings (SSSR count). The van der Waals surface area contributed by atoms with Crippen molar-refractivity contribution in [1.29, 1.82) is 0 Å². The van der Waals surface area contributed by atoms with E-state index in [9.17, 15) is 24.0 Å². The van der Waals surface area contributed by atoms with E-state index in [1.54, 1.807) is 47.7 Å². The van der Waals surface area contributed by atoms with Crippen molar-refractivity contribution in [3.8, 4) is 23.0 Å².